The SMILES string of the molecule is C=C(C)c1nc(C(N)=O)c(Nc2ccc(N3CCN(C)CC3)cc2)nc1NC1CCC(O)CC1. The number of aromatic nitrogens is 2. The minimum atomic E-state index is -0.654. The number of anilines is 4. The highest BCUT2D eigenvalue weighted by atomic mass is 16.3. The van der Waals surface area contributed by atoms with E-state index >= 15 is 0 Å². The molecule has 1 aliphatic heterocycles. The quantitative estimate of drug-likeness (QED) is 0.493. The van der Waals surface area contributed by atoms with Gasteiger partial charge < -0.3 is 31.3 Å². The molecule has 1 amide bonds. The molecule has 2 heterocycles. The Morgan fingerprint density at radius 1 is 1.03 bits per heavy atom. The number of piperazine rings is 1. The molecule has 4 rings (SSSR count). The number of nitrogens with zero attached hydrogens (tertiary/aromatic N) is 4. The smallest absolute Gasteiger partial charge is 0.271 e. The molecule has 0 radical (unpaired) electrons. The first-order valence-corrected chi connectivity index (χ1v) is 11.9. The summed E-state index contributed by atoms with van der Waals surface area (Å²) >= 11 is 0. The number of aliphatic hydroxyl groups excluding tert-OH is 1. The van der Waals surface area contributed by atoms with Crippen LogP contribution >= 0.6 is 0 Å². The number of carbonyl (C=O) groups excluding carboxylic acids is 1. The summed E-state index contributed by atoms with van der Waals surface area (Å²) in [4.78, 5) is 26.1. The lowest BCUT2D eigenvalue weighted by Crippen LogP contribution is -2.44. The molecule has 0 spiro atoms. The molecule has 9 nitrogen and oxygen atoms in total. The molecule has 2 fully saturated rings. The van der Waals surface area contributed by atoms with E-state index in [-0.39, 0.29) is 17.8 Å². The second kappa shape index (κ2) is 10.4. The zero-order valence-corrected chi connectivity index (χ0v) is 20.0. The number of primary amides is 1. The summed E-state index contributed by atoms with van der Waals surface area (Å²) in [5.41, 5.74) is 8.90. The van der Waals surface area contributed by atoms with Gasteiger partial charge in [0.2, 0.25) is 0 Å². The fourth-order valence-electron chi connectivity index (χ4n) is 4.46. The van der Waals surface area contributed by atoms with Gasteiger partial charge >= 0.3 is 0 Å². The number of allylic oxidation sites excluding steroid dienone is 1. The molecule has 1 aromatic carbocycles. The van der Waals surface area contributed by atoms with E-state index in [1.807, 2.05) is 19.1 Å². The molecular formula is C25H35N7O2. The van der Waals surface area contributed by atoms with E-state index in [4.69, 9.17) is 10.7 Å². The zero-order valence-electron chi connectivity index (χ0n) is 20.0. The summed E-state index contributed by atoms with van der Waals surface area (Å²) in [5, 5.41) is 16.5. The van der Waals surface area contributed by atoms with Crippen molar-refractivity contribution in [3.8, 4) is 0 Å². The third kappa shape index (κ3) is 5.66. The highest BCUT2D eigenvalue weighted by Gasteiger charge is 2.23. The molecule has 0 atom stereocenters. The van der Waals surface area contributed by atoms with E-state index in [2.05, 4.69) is 51.2 Å². The average Bonchev–Trinajstić information content (AvgIpc) is 2.81. The molecule has 1 aliphatic carbocycles. The van der Waals surface area contributed by atoms with Crippen LogP contribution in [0.15, 0.2) is 30.8 Å². The van der Waals surface area contributed by atoms with E-state index in [1.165, 1.54) is 5.69 Å². The standard InChI is InChI=1S/C25H35N7O2/c1-16(2)21-24(27-18-6-10-20(33)11-7-18)30-25(22(29-21)23(26)34)28-17-4-8-19(9-5-17)32-14-12-31(3)13-15-32/h4-5,8-9,18,20,33H,1,6-7,10-15H2,2-3H3,(H2,26,34)(H2,27,28,30). The van der Waals surface area contributed by atoms with Crippen molar-refractivity contribution in [1.29, 1.82) is 0 Å². The number of carbonyl (C=O) groups is 1. The normalized spacial score (nSPS) is 21.2. The maximum absolute atomic E-state index is 12.2. The van der Waals surface area contributed by atoms with Crippen molar-refractivity contribution in [3.63, 3.8) is 0 Å². The van der Waals surface area contributed by atoms with Gasteiger partial charge in [-0.25, -0.2) is 9.97 Å². The van der Waals surface area contributed by atoms with Gasteiger partial charge in [0.05, 0.1) is 6.10 Å². The summed E-state index contributed by atoms with van der Waals surface area (Å²) in [6.45, 7) is 9.91. The van der Waals surface area contributed by atoms with Crippen molar-refractivity contribution in [2.24, 2.45) is 5.73 Å². The van der Waals surface area contributed by atoms with Gasteiger partial charge in [-0.1, -0.05) is 6.58 Å². The maximum Gasteiger partial charge on any atom is 0.271 e. The average molecular weight is 466 g/mol. The maximum atomic E-state index is 12.2. The molecule has 182 valence electrons. The number of amides is 1. The van der Waals surface area contributed by atoms with Crippen molar-refractivity contribution in [1.82, 2.24) is 14.9 Å². The van der Waals surface area contributed by atoms with Gasteiger partial charge in [0.15, 0.2) is 17.3 Å². The van der Waals surface area contributed by atoms with Crippen molar-refractivity contribution < 1.29 is 9.90 Å². The molecule has 1 saturated heterocycles. The number of benzene rings is 1. The first kappa shape index (κ1) is 24.0. The lowest BCUT2D eigenvalue weighted by atomic mass is 9.93. The van der Waals surface area contributed by atoms with Crippen molar-refractivity contribution >= 4 is 34.5 Å². The van der Waals surface area contributed by atoms with Crippen LogP contribution in [0.3, 0.4) is 0 Å². The fourth-order valence-corrected chi connectivity index (χ4v) is 4.46. The zero-order chi connectivity index (χ0) is 24.2. The molecule has 1 saturated carbocycles. The third-order valence-electron chi connectivity index (χ3n) is 6.57. The Labute approximate surface area is 201 Å². The Kier molecular flexibility index (Phi) is 7.33. The Morgan fingerprint density at radius 3 is 2.26 bits per heavy atom. The summed E-state index contributed by atoms with van der Waals surface area (Å²) in [5.74, 6) is 0.220. The lowest BCUT2D eigenvalue weighted by Gasteiger charge is -2.34. The number of aliphatic hydroxyl groups is 1. The summed E-state index contributed by atoms with van der Waals surface area (Å²) in [6, 6.07) is 8.26. The fraction of sp³-hybridized carbons (Fsp3) is 0.480. The first-order chi connectivity index (χ1) is 16.3. The van der Waals surface area contributed by atoms with Gasteiger partial charge in [0, 0.05) is 43.6 Å². The second-order valence-corrected chi connectivity index (χ2v) is 9.37. The molecule has 5 N–H and O–H groups in total. The largest absolute Gasteiger partial charge is 0.393 e. The predicted molar refractivity (Wildman–Crippen MR) is 137 cm³/mol. The van der Waals surface area contributed by atoms with Gasteiger partial charge in [-0.2, -0.15) is 0 Å². The molecule has 2 aliphatic rings. The van der Waals surface area contributed by atoms with Crippen molar-refractivity contribution in [2.45, 2.75) is 44.8 Å². The van der Waals surface area contributed by atoms with E-state index in [9.17, 15) is 9.90 Å². The van der Waals surface area contributed by atoms with Gasteiger partial charge in [0.1, 0.15) is 5.69 Å². The van der Waals surface area contributed by atoms with Crippen LogP contribution in [-0.2, 0) is 0 Å². The van der Waals surface area contributed by atoms with Crippen LogP contribution in [0.25, 0.3) is 5.57 Å². The number of rotatable bonds is 7. The molecule has 1 aromatic heterocycles. The van der Waals surface area contributed by atoms with E-state index in [0.29, 0.717) is 22.9 Å². The van der Waals surface area contributed by atoms with E-state index < -0.39 is 5.91 Å². The van der Waals surface area contributed by atoms with Gasteiger partial charge in [-0.3, -0.25) is 4.79 Å². The number of nitrogens with one attached hydrogen (secondary N) is 2. The Morgan fingerprint density at radius 2 is 1.68 bits per heavy atom. The van der Waals surface area contributed by atoms with Crippen LogP contribution in [0.1, 0.15) is 48.8 Å². The van der Waals surface area contributed by atoms with Crippen LogP contribution < -0.4 is 21.3 Å². The summed E-state index contributed by atoms with van der Waals surface area (Å²) in [7, 11) is 2.14. The van der Waals surface area contributed by atoms with Crippen LogP contribution in [0, 0.1) is 0 Å². The van der Waals surface area contributed by atoms with Crippen LogP contribution in [0.4, 0.5) is 23.0 Å². The molecular weight excluding hydrogens is 430 g/mol. The van der Waals surface area contributed by atoms with Crippen molar-refractivity contribution in [3.05, 3.63) is 42.2 Å². The molecule has 9 heteroatoms. The van der Waals surface area contributed by atoms with Crippen LogP contribution in [-0.4, -0.2) is 71.3 Å². The van der Waals surface area contributed by atoms with E-state index in [1.54, 1.807) is 0 Å². The van der Waals surface area contributed by atoms with Crippen LogP contribution in [0.2, 0.25) is 0 Å². The second-order valence-electron chi connectivity index (χ2n) is 9.37. The topological polar surface area (TPSA) is 120 Å². The minimum absolute atomic E-state index is 0.0748. The molecule has 34 heavy (non-hydrogen) atoms. The molecule has 0 unspecified atom stereocenters. The van der Waals surface area contributed by atoms with Crippen molar-refractivity contribution in [2.75, 3.05) is 48.8 Å². The number of likely N-dealkylation sites (N-methyl/N-ethyl adjacent to an activating group) is 1. The van der Waals surface area contributed by atoms with Gasteiger partial charge in [-0.05, 0) is 69.5 Å². The highest BCUT2D eigenvalue weighted by Crippen LogP contribution is 2.29. The number of hydrogen-bond donors (Lipinski definition) is 4. The lowest BCUT2D eigenvalue weighted by molar-refractivity contribution is 0.0996. The Bertz CT molecular complexity index is 1020. The Balaban J connectivity index is 1.57. The van der Waals surface area contributed by atoms with Crippen LogP contribution in [0.5, 0.6) is 0 Å². The summed E-state index contributed by atoms with van der Waals surface area (Å²) < 4.78 is 0. The summed E-state index contributed by atoms with van der Waals surface area (Å²) in [6.07, 6.45) is 2.93. The number of nitrogens with two attached hydrogens (primary N) is 1. The third-order valence-corrected chi connectivity index (χ3v) is 6.57. The van der Waals surface area contributed by atoms with E-state index in [0.717, 1.165) is 57.5 Å². The predicted octanol–water partition coefficient (Wildman–Crippen LogP) is 2.82. The molecule has 2 aromatic rings. The van der Waals surface area contributed by atoms with Gasteiger partial charge in [-0.15, -0.1) is 0 Å². The molecule has 0 bridgehead atoms. The first-order valence-electron chi connectivity index (χ1n) is 11.9. The number of hydrogen-bond acceptors (Lipinski definition) is 8. The Hall–Kier alpha value is -3.17. The minimum Gasteiger partial charge on any atom is -0.393 e. The highest BCUT2D eigenvalue weighted by molar-refractivity contribution is 5.97. The van der Waals surface area contributed by atoms with Gasteiger partial charge in [0.25, 0.3) is 5.91 Å². The monoisotopic (exact) mass is 465 g/mol.